The van der Waals surface area contributed by atoms with E-state index in [0.717, 1.165) is 44.2 Å². The zero-order valence-electron chi connectivity index (χ0n) is 18.8. The molecule has 0 aliphatic carbocycles. The first kappa shape index (κ1) is 26.5. The molecule has 1 aromatic carbocycles. The Kier molecular flexibility index (Phi) is 13.9. The second-order valence-corrected chi connectivity index (χ2v) is 7.96. The van der Waals surface area contributed by atoms with Crippen LogP contribution in [0.2, 0.25) is 0 Å². The van der Waals surface area contributed by atoms with Gasteiger partial charge in [-0.05, 0) is 44.2 Å². The molecule has 0 spiro atoms. The van der Waals surface area contributed by atoms with Crippen LogP contribution in [-0.4, -0.2) is 27.3 Å². The number of esters is 2. The van der Waals surface area contributed by atoms with Gasteiger partial charge in [-0.1, -0.05) is 70.4 Å². The van der Waals surface area contributed by atoms with Crippen LogP contribution < -0.4 is 0 Å². The molecule has 6 nitrogen and oxygen atoms in total. The molecule has 0 radical (unpaired) electrons. The Morgan fingerprint density at radius 2 is 1.26 bits per heavy atom. The molecule has 0 saturated heterocycles. The Bertz CT molecular complexity index is 672. The minimum atomic E-state index is -0.969. The molecule has 6 heteroatoms. The summed E-state index contributed by atoms with van der Waals surface area (Å²) in [6.07, 6.45) is 19.8. The maximum absolute atomic E-state index is 11.9. The molecule has 3 N–H and O–H groups in total. The van der Waals surface area contributed by atoms with E-state index < -0.39 is 29.2 Å². The van der Waals surface area contributed by atoms with Crippen molar-refractivity contribution in [1.82, 2.24) is 0 Å². The van der Waals surface area contributed by atoms with Crippen LogP contribution >= 0.6 is 0 Å². The fourth-order valence-corrected chi connectivity index (χ4v) is 3.28. The van der Waals surface area contributed by atoms with Crippen molar-refractivity contribution in [2.45, 2.75) is 96.8 Å². The third-order valence-corrected chi connectivity index (χ3v) is 5.15. The minimum absolute atomic E-state index is 0.139. The summed E-state index contributed by atoms with van der Waals surface area (Å²) >= 11 is 0. The Morgan fingerprint density at radius 3 is 1.81 bits per heavy atom. The van der Waals surface area contributed by atoms with Crippen LogP contribution in [0.15, 0.2) is 24.3 Å². The van der Waals surface area contributed by atoms with Gasteiger partial charge in [0.2, 0.25) is 0 Å². The summed E-state index contributed by atoms with van der Waals surface area (Å²) in [4.78, 5) is 23.6. The van der Waals surface area contributed by atoms with E-state index in [-0.39, 0.29) is 12.0 Å². The number of phenolic OH excluding ortho intramolecular Hbond substituents is 3. The van der Waals surface area contributed by atoms with Gasteiger partial charge < -0.3 is 20.1 Å². The number of allylic oxidation sites excluding steroid dienone is 2. The summed E-state index contributed by atoms with van der Waals surface area (Å²) in [6, 6.07) is 1.87. The van der Waals surface area contributed by atoms with Gasteiger partial charge in [0.1, 0.15) is 0 Å². The molecule has 1 rings (SSSR count). The molecule has 0 aromatic heterocycles. The van der Waals surface area contributed by atoms with Crippen LogP contribution in [0.5, 0.6) is 17.2 Å². The summed E-state index contributed by atoms with van der Waals surface area (Å²) in [5.74, 6) is -3.65. The number of carbonyl (C=O) groups excluding carboxylic acids is 2. The van der Waals surface area contributed by atoms with E-state index in [4.69, 9.17) is 4.74 Å². The quantitative estimate of drug-likeness (QED) is 0.0899. The van der Waals surface area contributed by atoms with E-state index in [1.807, 2.05) is 0 Å². The van der Waals surface area contributed by atoms with Crippen molar-refractivity contribution >= 4 is 11.9 Å². The van der Waals surface area contributed by atoms with E-state index in [0.29, 0.717) is 6.42 Å². The molecule has 0 bridgehead atoms. The predicted octanol–water partition coefficient (Wildman–Crippen LogP) is 6.52. The lowest BCUT2D eigenvalue weighted by Crippen LogP contribution is -2.12. The van der Waals surface area contributed by atoms with Gasteiger partial charge in [0, 0.05) is 6.42 Å². The van der Waals surface area contributed by atoms with Crippen molar-refractivity contribution in [3.63, 3.8) is 0 Å². The number of unbranched alkanes of at least 4 members (excludes halogenated alkanes) is 11. The number of phenols is 3. The van der Waals surface area contributed by atoms with E-state index in [1.54, 1.807) is 0 Å². The third-order valence-electron chi connectivity index (χ3n) is 5.15. The van der Waals surface area contributed by atoms with Gasteiger partial charge in [0.15, 0.2) is 17.2 Å². The van der Waals surface area contributed by atoms with Crippen LogP contribution in [0.1, 0.15) is 107 Å². The van der Waals surface area contributed by atoms with Crippen LogP contribution in [0.25, 0.3) is 0 Å². The molecule has 0 fully saturated rings. The molecule has 0 atom stereocenters. The number of hydrogen-bond donors (Lipinski definition) is 3. The van der Waals surface area contributed by atoms with Gasteiger partial charge in [0.05, 0.1) is 5.56 Å². The van der Waals surface area contributed by atoms with Gasteiger partial charge in [-0.15, -0.1) is 0 Å². The zero-order valence-corrected chi connectivity index (χ0v) is 18.8. The van der Waals surface area contributed by atoms with Gasteiger partial charge in [-0.2, -0.15) is 0 Å². The SMILES string of the molecule is CCCCCCCC/C=C\CCCCCCCC(=O)OC(=O)c1cc(O)c(O)c(O)c1. The molecule has 0 aliphatic rings. The number of aromatic hydroxyl groups is 3. The van der Waals surface area contributed by atoms with Crippen LogP contribution in [0.3, 0.4) is 0 Å². The van der Waals surface area contributed by atoms with Crippen LogP contribution in [0, 0.1) is 0 Å². The highest BCUT2D eigenvalue weighted by Crippen LogP contribution is 2.35. The monoisotopic (exact) mass is 434 g/mol. The zero-order chi connectivity index (χ0) is 22.9. The number of rotatable bonds is 16. The fourth-order valence-electron chi connectivity index (χ4n) is 3.28. The average Bonchev–Trinajstić information content (AvgIpc) is 2.74. The van der Waals surface area contributed by atoms with Crippen molar-refractivity contribution in [3.05, 3.63) is 29.8 Å². The van der Waals surface area contributed by atoms with Crippen LogP contribution in [0.4, 0.5) is 0 Å². The van der Waals surface area contributed by atoms with Gasteiger partial charge >= 0.3 is 11.9 Å². The lowest BCUT2D eigenvalue weighted by atomic mass is 10.1. The van der Waals surface area contributed by atoms with Crippen molar-refractivity contribution < 1.29 is 29.6 Å². The summed E-state index contributed by atoms with van der Waals surface area (Å²) in [7, 11) is 0. The van der Waals surface area contributed by atoms with Gasteiger partial charge in [-0.25, -0.2) is 4.79 Å². The second-order valence-electron chi connectivity index (χ2n) is 7.96. The topological polar surface area (TPSA) is 104 Å². The first-order valence-corrected chi connectivity index (χ1v) is 11.6. The van der Waals surface area contributed by atoms with E-state index >= 15 is 0 Å². The molecule has 0 aliphatic heterocycles. The highest BCUT2D eigenvalue weighted by Gasteiger charge is 2.17. The largest absolute Gasteiger partial charge is 0.504 e. The molecule has 174 valence electrons. The maximum atomic E-state index is 11.9. The summed E-state index contributed by atoms with van der Waals surface area (Å²) in [6.45, 7) is 2.24. The molecule has 0 amide bonds. The molecule has 1 aromatic rings. The number of benzene rings is 1. The molecule has 0 heterocycles. The van der Waals surface area contributed by atoms with Gasteiger partial charge in [-0.3, -0.25) is 4.79 Å². The van der Waals surface area contributed by atoms with E-state index in [9.17, 15) is 24.9 Å². The first-order chi connectivity index (χ1) is 15.0. The van der Waals surface area contributed by atoms with E-state index in [2.05, 4.69) is 19.1 Å². The Balaban J connectivity index is 2.02. The summed E-state index contributed by atoms with van der Waals surface area (Å²) < 4.78 is 4.71. The standard InChI is InChI=1S/C25H38O6/c1-2-3-4-5-6-7-8-9-10-11-12-13-14-15-16-17-23(28)31-25(30)20-18-21(26)24(29)22(27)19-20/h9-10,18-19,26-27,29H,2-8,11-17H2,1H3/b10-9-. The molecular formula is C25H38O6. The number of hydrogen-bond acceptors (Lipinski definition) is 6. The smallest absolute Gasteiger partial charge is 0.346 e. The summed E-state index contributed by atoms with van der Waals surface area (Å²) in [5, 5.41) is 28.1. The van der Waals surface area contributed by atoms with E-state index in [1.165, 1.54) is 44.9 Å². The van der Waals surface area contributed by atoms with Crippen molar-refractivity contribution in [3.8, 4) is 17.2 Å². The summed E-state index contributed by atoms with van der Waals surface area (Å²) in [5.41, 5.74) is -0.203. The highest BCUT2D eigenvalue weighted by atomic mass is 16.6. The lowest BCUT2D eigenvalue weighted by molar-refractivity contribution is -0.138. The van der Waals surface area contributed by atoms with Gasteiger partial charge in [0.25, 0.3) is 0 Å². The maximum Gasteiger partial charge on any atom is 0.346 e. The number of carbonyl (C=O) groups is 2. The average molecular weight is 435 g/mol. The Hall–Kier alpha value is -2.50. The molecule has 0 unspecified atom stereocenters. The molecule has 31 heavy (non-hydrogen) atoms. The normalized spacial score (nSPS) is 11.1. The number of ether oxygens (including phenoxy) is 1. The Labute approximate surface area is 185 Å². The Morgan fingerprint density at radius 1 is 0.774 bits per heavy atom. The predicted molar refractivity (Wildman–Crippen MR) is 121 cm³/mol. The van der Waals surface area contributed by atoms with Crippen molar-refractivity contribution in [1.29, 1.82) is 0 Å². The van der Waals surface area contributed by atoms with Crippen molar-refractivity contribution in [2.75, 3.05) is 0 Å². The lowest BCUT2D eigenvalue weighted by Gasteiger charge is -2.06. The third kappa shape index (κ3) is 12.1. The molecule has 0 saturated carbocycles. The fraction of sp³-hybridized carbons (Fsp3) is 0.600. The minimum Gasteiger partial charge on any atom is -0.504 e. The first-order valence-electron chi connectivity index (χ1n) is 11.6. The second kappa shape index (κ2) is 16.2. The van der Waals surface area contributed by atoms with Crippen LogP contribution in [-0.2, 0) is 9.53 Å². The highest BCUT2D eigenvalue weighted by molar-refractivity contribution is 5.97. The molecular weight excluding hydrogens is 396 g/mol. The van der Waals surface area contributed by atoms with Crippen molar-refractivity contribution in [2.24, 2.45) is 0 Å².